The zero-order valence-electron chi connectivity index (χ0n) is 11.6. The van der Waals surface area contributed by atoms with Gasteiger partial charge in [0.05, 0.1) is 10.7 Å². The number of ketones is 1. The third kappa shape index (κ3) is 2.10. The van der Waals surface area contributed by atoms with Crippen LogP contribution in [0.2, 0.25) is 5.02 Å². The molecule has 1 atom stereocenters. The van der Waals surface area contributed by atoms with Gasteiger partial charge < -0.3 is 4.90 Å². The standard InChI is InChI=1S/C17H16ClNO/c1-11-9-14-5-3-4-6-16(14)19(11)17-8-7-13(12(2)20)10-15(17)18/h3-8,10-11H,9H2,1-2H3. The molecule has 0 N–H and O–H groups in total. The lowest BCUT2D eigenvalue weighted by Gasteiger charge is -2.26. The molecule has 2 aromatic carbocycles. The van der Waals surface area contributed by atoms with Crippen LogP contribution in [0.5, 0.6) is 0 Å². The van der Waals surface area contributed by atoms with Crippen molar-refractivity contribution in [3.05, 3.63) is 58.6 Å². The molecular weight excluding hydrogens is 270 g/mol. The number of hydrogen-bond donors (Lipinski definition) is 0. The van der Waals surface area contributed by atoms with Crippen LogP contribution in [0.25, 0.3) is 0 Å². The van der Waals surface area contributed by atoms with Gasteiger partial charge in [-0.05, 0) is 50.1 Å². The summed E-state index contributed by atoms with van der Waals surface area (Å²) in [4.78, 5) is 13.7. The Morgan fingerprint density at radius 1 is 1.20 bits per heavy atom. The summed E-state index contributed by atoms with van der Waals surface area (Å²) < 4.78 is 0. The Kier molecular flexibility index (Phi) is 3.27. The van der Waals surface area contributed by atoms with E-state index in [1.54, 1.807) is 13.0 Å². The smallest absolute Gasteiger partial charge is 0.159 e. The minimum absolute atomic E-state index is 0.0355. The number of carbonyl (C=O) groups excluding carboxylic acids is 1. The van der Waals surface area contributed by atoms with Gasteiger partial charge in [0, 0.05) is 17.3 Å². The predicted octanol–water partition coefficient (Wildman–Crippen LogP) is 4.63. The van der Waals surface area contributed by atoms with Crippen molar-refractivity contribution < 1.29 is 4.79 Å². The highest BCUT2D eigenvalue weighted by atomic mass is 35.5. The van der Waals surface area contributed by atoms with Crippen LogP contribution in [0.3, 0.4) is 0 Å². The molecule has 20 heavy (non-hydrogen) atoms. The Hall–Kier alpha value is -1.80. The summed E-state index contributed by atoms with van der Waals surface area (Å²) in [5, 5.41) is 0.626. The summed E-state index contributed by atoms with van der Waals surface area (Å²) in [6, 6.07) is 14.3. The second-order valence-corrected chi connectivity index (χ2v) is 5.68. The topological polar surface area (TPSA) is 20.3 Å². The number of nitrogens with zero attached hydrogens (tertiary/aromatic N) is 1. The fourth-order valence-corrected chi connectivity index (χ4v) is 3.13. The van der Waals surface area contributed by atoms with Gasteiger partial charge in [0.2, 0.25) is 0 Å². The van der Waals surface area contributed by atoms with Gasteiger partial charge in [0.15, 0.2) is 5.78 Å². The van der Waals surface area contributed by atoms with E-state index in [0.717, 1.165) is 12.1 Å². The Morgan fingerprint density at radius 2 is 1.95 bits per heavy atom. The van der Waals surface area contributed by atoms with Gasteiger partial charge >= 0.3 is 0 Å². The summed E-state index contributed by atoms with van der Waals surface area (Å²) in [5.41, 5.74) is 4.16. The molecule has 0 saturated carbocycles. The van der Waals surface area contributed by atoms with Crippen molar-refractivity contribution in [2.24, 2.45) is 0 Å². The molecule has 0 radical (unpaired) electrons. The fourth-order valence-electron chi connectivity index (χ4n) is 2.85. The van der Waals surface area contributed by atoms with Gasteiger partial charge in [-0.25, -0.2) is 0 Å². The molecule has 1 aliphatic rings. The number of halogens is 1. The molecule has 2 aromatic rings. The first-order valence-corrected chi connectivity index (χ1v) is 7.13. The van der Waals surface area contributed by atoms with Crippen LogP contribution in [-0.2, 0) is 6.42 Å². The highest BCUT2D eigenvalue weighted by Gasteiger charge is 2.28. The van der Waals surface area contributed by atoms with Crippen molar-refractivity contribution in [2.45, 2.75) is 26.3 Å². The summed E-state index contributed by atoms with van der Waals surface area (Å²) in [5.74, 6) is 0.0355. The van der Waals surface area contributed by atoms with Crippen LogP contribution in [0.1, 0.15) is 29.8 Å². The predicted molar refractivity (Wildman–Crippen MR) is 83.2 cm³/mol. The molecule has 3 heteroatoms. The molecule has 1 heterocycles. The maximum Gasteiger partial charge on any atom is 0.159 e. The minimum atomic E-state index is 0.0355. The third-order valence-corrected chi connectivity index (χ3v) is 4.12. The first-order chi connectivity index (χ1) is 9.58. The highest BCUT2D eigenvalue weighted by molar-refractivity contribution is 6.33. The first kappa shape index (κ1) is 13.2. The summed E-state index contributed by atoms with van der Waals surface area (Å²) in [6.07, 6.45) is 1.01. The number of carbonyl (C=O) groups is 1. The lowest BCUT2D eigenvalue weighted by Crippen LogP contribution is -2.24. The van der Waals surface area contributed by atoms with Gasteiger partial charge in [-0.2, -0.15) is 0 Å². The molecule has 0 spiro atoms. The van der Waals surface area contributed by atoms with Crippen LogP contribution in [0, 0.1) is 0 Å². The summed E-state index contributed by atoms with van der Waals surface area (Å²) in [6.45, 7) is 3.74. The minimum Gasteiger partial charge on any atom is -0.337 e. The van der Waals surface area contributed by atoms with Gasteiger partial charge in [-0.15, -0.1) is 0 Å². The van der Waals surface area contributed by atoms with E-state index < -0.39 is 0 Å². The molecule has 2 nitrogen and oxygen atoms in total. The Balaban J connectivity index is 2.07. The van der Waals surface area contributed by atoms with Gasteiger partial charge in [-0.1, -0.05) is 29.8 Å². The molecule has 102 valence electrons. The number of fused-ring (bicyclic) bond motifs is 1. The fraction of sp³-hybridized carbons (Fsp3) is 0.235. The SMILES string of the molecule is CC(=O)c1ccc(N2c3ccccc3CC2C)c(Cl)c1. The van der Waals surface area contributed by atoms with Crippen molar-refractivity contribution in [3.63, 3.8) is 0 Å². The van der Waals surface area contributed by atoms with E-state index in [1.807, 2.05) is 18.2 Å². The zero-order chi connectivity index (χ0) is 14.3. The average Bonchev–Trinajstić information content (AvgIpc) is 2.74. The maximum atomic E-state index is 11.4. The largest absolute Gasteiger partial charge is 0.337 e. The molecule has 0 bridgehead atoms. The molecule has 0 saturated heterocycles. The van der Waals surface area contributed by atoms with Gasteiger partial charge in [-0.3, -0.25) is 4.79 Å². The van der Waals surface area contributed by atoms with Crippen molar-refractivity contribution >= 4 is 28.8 Å². The molecule has 1 unspecified atom stereocenters. The Labute approximate surface area is 124 Å². The van der Waals surface area contributed by atoms with Crippen molar-refractivity contribution in [3.8, 4) is 0 Å². The number of para-hydroxylation sites is 1. The van der Waals surface area contributed by atoms with Gasteiger partial charge in [0.25, 0.3) is 0 Å². The van der Waals surface area contributed by atoms with Crippen molar-refractivity contribution in [1.29, 1.82) is 0 Å². The molecule has 0 aliphatic carbocycles. The molecule has 0 aromatic heterocycles. The molecule has 3 rings (SSSR count). The second kappa shape index (κ2) is 4.95. The van der Waals surface area contributed by atoms with E-state index in [4.69, 9.17) is 11.6 Å². The number of benzene rings is 2. The average molecular weight is 286 g/mol. The van der Waals surface area contributed by atoms with Crippen molar-refractivity contribution in [1.82, 2.24) is 0 Å². The number of Topliss-reactive ketones (excluding diaryl/α,β-unsaturated/α-hetero) is 1. The highest BCUT2D eigenvalue weighted by Crippen LogP contribution is 2.41. The van der Waals surface area contributed by atoms with Crippen LogP contribution < -0.4 is 4.90 Å². The van der Waals surface area contributed by atoms with E-state index in [1.165, 1.54) is 11.3 Å². The van der Waals surface area contributed by atoms with Crippen molar-refractivity contribution in [2.75, 3.05) is 4.90 Å². The molecule has 1 aliphatic heterocycles. The Morgan fingerprint density at radius 3 is 2.65 bits per heavy atom. The van der Waals surface area contributed by atoms with E-state index >= 15 is 0 Å². The monoisotopic (exact) mass is 285 g/mol. The zero-order valence-corrected chi connectivity index (χ0v) is 12.3. The summed E-state index contributed by atoms with van der Waals surface area (Å²) in [7, 11) is 0. The van der Waals surface area contributed by atoms with E-state index in [9.17, 15) is 4.79 Å². The van der Waals surface area contributed by atoms with E-state index in [2.05, 4.69) is 30.0 Å². The van der Waals surface area contributed by atoms with Crippen LogP contribution in [0.15, 0.2) is 42.5 Å². The molecule has 0 fully saturated rings. The van der Waals surface area contributed by atoms with Crippen LogP contribution in [0.4, 0.5) is 11.4 Å². The Bertz CT molecular complexity index is 680. The number of rotatable bonds is 2. The number of hydrogen-bond acceptors (Lipinski definition) is 2. The molecule has 0 amide bonds. The van der Waals surface area contributed by atoms with E-state index in [-0.39, 0.29) is 5.78 Å². The number of anilines is 2. The quantitative estimate of drug-likeness (QED) is 0.750. The first-order valence-electron chi connectivity index (χ1n) is 6.75. The lowest BCUT2D eigenvalue weighted by atomic mass is 10.1. The molecular formula is C17H16ClNO. The normalized spacial score (nSPS) is 17.1. The third-order valence-electron chi connectivity index (χ3n) is 3.82. The van der Waals surface area contributed by atoms with E-state index in [0.29, 0.717) is 16.6 Å². The van der Waals surface area contributed by atoms with Crippen LogP contribution in [-0.4, -0.2) is 11.8 Å². The second-order valence-electron chi connectivity index (χ2n) is 5.27. The lowest BCUT2D eigenvalue weighted by molar-refractivity contribution is 0.101. The van der Waals surface area contributed by atoms with Gasteiger partial charge in [0.1, 0.15) is 0 Å². The maximum absolute atomic E-state index is 11.4. The van der Waals surface area contributed by atoms with Crippen LogP contribution >= 0.6 is 11.6 Å². The summed E-state index contributed by atoms with van der Waals surface area (Å²) >= 11 is 6.39.